The van der Waals surface area contributed by atoms with Gasteiger partial charge in [0.25, 0.3) is 5.91 Å². The van der Waals surface area contributed by atoms with E-state index >= 15 is 0 Å². The summed E-state index contributed by atoms with van der Waals surface area (Å²) >= 11 is 1.60. The van der Waals surface area contributed by atoms with Crippen LogP contribution in [0, 0.1) is 6.92 Å². The minimum Gasteiger partial charge on any atom is -0.352 e. The molecule has 0 atom stereocenters. The van der Waals surface area contributed by atoms with E-state index in [2.05, 4.69) is 17.4 Å². The van der Waals surface area contributed by atoms with E-state index in [-0.39, 0.29) is 5.91 Å². The molecule has 3 heteroatoms. The van der Waals surface area contributed by atoms with E-state index in [9.17, 15) is 4.79 Å². The minimum absolute atomic E-state index is 0.0275. The molecule has 88 valence electrons. The van der Waals surface area contributed by atoms with Crippen LogP contribution in [0.4, 0.5) is 0 Å². The number of hydrogen-bond acceptors (Lipinski definition) is 2. The number of rotatable bonds is 4. The highest BCUT2D eigenvalue weighted by atomic mass is 32.1. The Bertz CT molecular complexity index is 490. The molecule has 0 unspecified atom stereocenters. The van der Waals surface area contributed by atoms with E-state index in [1.165, 1.54) is 5.56 Å². The van der Waals surface area contributed by atoms with Crippen molar-refractivity contribution in [3.8, 4) is 0 Å². The molecule has 0 aliphatic carbocycles. The first-order chi connectivity index (χ1) is 8.27. The molecule has 1 heterocycles. The average Bonchev–Trinajstić information content (AvgIpc) is 2.77. The molecule has 0 aliphatic heterocycles. The van der Waals surface area contributed by atoms with Crippen LogP contribution in [0.5, 0.6) is 0 Å². The number of amides is 1. The lowest BCUT2D eigenvalue weighted by Crippen LogP contribution is -2.25. The Hall–Kier alpha value is -1.61. The van der Waals surface area contributed by atoms with Crippen LogP contribution < -0.4 is 5.32 Å². The van der Waals surface area contributed by atoms with Crippen molar-refractivity contribution < 1.29 is 4.79 Å². The highest BCUT2D eigenvalue weighted by molar-refractivity contribution is 7.10. The molecule has 0 bridgehead atoms. The van der Waals surface area contributed by atoms with Gasteiger partial charge in [0, 0.05) is 11.4 Å². The monoisotopic (exact) mass is 245 g/mol. The van der Waals surface area contributed by atoms with Crippen LogP contribution in [0.15, 0.2) is 41.8 Å². The molecule has 1 aromatic carbocycles. The summed E-state index contributed by atoms with van der Waals surface area (Å²) in [5.41, 5.74) is 2.04. The van der Waals surface area contributed by atoms with Crippen molar-refractivity contribution in [1.29, 1.82) is 0 Å². The third kappa shape index (κ3) is 3.17. The van der Waals surface area contributed by atoms with Crippen LogP contribution in [0.1, 0.15) is 20.8 Å². The maximum Gasteiger partial charge on any atom is 0.252 e. The summed E-state index contributed by atoms with van der Waals surface area (Å²) in [6, 6.07) is 12.0. The Morgan fingerprint density at radius 3 is 2.65 bits per heavy atom. The Morgan fingerprint density at radius 2 is 2.00 bits per heavy atom. The van der Waals surface area contributed by atoms with Gasteiger partial charge in [-0.25, -0.2) is 0 Å². The predicted molar refractivity (Wildman–Crippen MR) is 71.5 cm³/mol. The summed E-state index contributed by atoms with van der Waals surface area (Å²) in [4.78, 5) is 12.9. The van der Waals surface area contributed by atoms with Crippen LogP contribution >= 0.6 is 11.3 Å². The molecule has 17 heavy (non-hydrogen) atoms. The maximum absolute atomic E-state index is 11.8. The van der Waals surface area contributed by atoms with E-state index in [1.54, 1.807) is 11.3 Å². The fourth-order valence-electron chi connectivity index (χ4n) is 1.68. The highest BCUT2D eigenvalue weighted by Gasteiger charge is 2.08. The first-order valence-corrected chi connectivity index (χ1v) is 6.51. The van der Waals surface area contributed by atoms with Crippen molar-refractivity contribution in [2.75, 3.05) is 6.54 Å². The van der Waals surface area contributed by atoms with Crippen molar-refractivity contribution in [3.05, 3.63) is 57.8 Å². The fraction of sp³-hybridized carbons (Fsp3) is 0.214. The van der Waals surface area contributed by atoms with Gasteiger partial charge in [-0.2, -0.15) is 0 Å². The van der Waals surface area contributed by atoms with E-state index in [0.717, 1.165) is 16.9 Å². The van der Waals surface area contributed by atoms with Gasteiger partial charge in [0.1, 0.15) is 0 Å². The van der Waals surface area contributed by atoms with E-state index < -0.39 is 0 Å². The second-order valence-electron chi connectivity index (χ2n) is 3.88. The van der Waals surface area contributed by atoms with Gasteiger partial charge in [0.15, 0.2) is 0 Å². The predicted octanol–water partition coefficient (Wildman–Crippen LogP) is 3.03. The van der Waals surface area contributed by atoms with Gasteiger partial charge in [-0.15, -0.1) is 11.3 Å². The zero-order valence-corrected chi connectivity index (χ0v) is 10.6. The van der Waals surface area contributed by atoms with Gasteiger partial charge in [0.05, 0.1) is 5.56 Å². The SMILES string of the molecule is Cc1sccc1C(=O)NCCc1ccccc1. The number of nitrogens with one attached hydrogen (secondary N) is 1. The lowest BCUT2D eigenvalue weighted by molar-refractivity contribution is 0.0954. The summed E-state index contributed by atoms with van der Waals surface area (Å²) in [5.74, 6) is 0.0275. The van der Waals surface area contributed by atoms with E-state index in [1.807, 2.05) is 36.6 Å². The third-order valence-corrected chi connectivity index (χ3v) is 3.49. The van der Waals surface area contributed by atoms with Crippen molar-refractivity contribution in [1.82, 2.24) is 5.32 Å². The van der Waals surface area contributed by atoms with Gasteiger partial charge in [-0.05, 0) is 30.4 Å². The van der Waals surface area contributed by atoms with Crippen LogP contribution in [0.3, 0.4) is 0 Å². The second-order valence-corrected chi connectivity index (χ2v) is 5.00. The summed E-state index contributed by atoms with van der Waals surface area (Å²) in [5, 5.41) is 4.89. The molecular formula is C14H15NOS. The average molecular weight is 245 g/mol. The topological polar surface area (TPSA) is 29.1 Å². The van der Waals surface area contributed by atoms with Gasteiger partial charge in [0.2, 0.25) is 0 Å². The quantitative estimate of drug-likeness (QED) is 0.881. The number of benzene rings is 1. The van der Waals surface area contributed by atoms with E-state index in [0.29, 0.717) is 6.54 Å². The molecule has 2 nitrogen and oxygen atoms in total. The van der Waals surface area contributed by atoms with Gasteiger partial charge in [-0.3, -0.25) is 4.79 Å². The van der Waals surface area contributed by atoms with Gasteiger partial charge in [-0.1, -0.05) is 30.3 Å². The minimum atomic E-state index is 0.0275. The van der Waals surface area contributed by atoms with Crippen LogP contribution in [-0.2, 0) is 6.42 Å². The summed E-state index contributed by atoms with van der Waals surface area (Å²) in [6.07, 6.45) is 0.871. The fourth-order valence-corrected chi connectivity index (χ4v) is 2.38. The molecule has 0 spiro atoms. The first kappa shape index (κ1) is 11.9. The Morgan fingerprint density at radius 1 is 1.24 bits per heavy atom. The number of thiophene rings is 1. The maximum atomic E-state index is 11.8. The highest BCUT2D eigenvalue weighted by Crippen LogP contribution is 2.14. The van der Waals surface area contributed by atoms with Crippen molar-refractivity contribution in [2.45, 2.75) is 13.3 Å². The lowest BCUT2D eigenvalue weighted by Gasteiger charge is -2.04. The Balaban J connectivity index is 1.84. The standard InChI is InChI=1S/C14H15NOS/c1-11-13(8-10-17-11)14(16)15-9-7-12-5-3-2-4-6-12/h2-6,8,10H,7,9H2,1H3,(H,15,16). The number of carbonyl (C=O) groups excluding carboxylic acids is 1. The molecule has 0 fully saturated rings. The lowest BCUT2D eigenvalue weighted by atomic mass is 10.1. The molecule has 1 aromatic heterocycles. The van der Waals surface area contributed by atoms with Gasteiger partial charge >= 0.3 is 0 Å². The van der Waals surface area contributed by atoms with Crippen molar-refractivity contribution in [3.63, 3.8) is 0 Å². The second kappa shape index (κ2) is 5.64. The van der Waals surface area contributed by atoms with Crippen molar-refractivity contribution >= 4 is 17.2 Å². The van der Waals surface area contributed by atoms with Crippen LogP contribution in [-0.4, -0.2) is 12.5 Å². The Kier molecular flexibility index (Phi) is 3.94. The third-order valence-electron chi connectivity index (χ3n) is 2.65. The summed E-state index contributed by atoms with van der Waals surface area (Å²) in [7, 11) is 0. The zero-order chi connectivity index (χ0) is 12.1. The molecule has 2 rings (SSSR count). The smallest absolute Gasteiger partial charge is 0.252 e. The molecule has 2 aromatic rings. The van der Waals surface area contributed by atoms with Crippen LogP contribution in [0.2, 0.25) is 0 Å². The van der Waals surface area contributed by atoms with Crippen LogP contribution in [0.25, 0.3) is 0 Å². The largest absolute Gasteiger partial charge is 0.352 e. The molecule has 0 saturated heterocycles. The Labute approximate surface area is 105 Å². The molecule has 0 radical (unpaired) electrons. The first-order valence-electron chi connectivity index (χ1n) is 5.63. The molecule has 1 N–H and O–H groups in total. The number of hydrogen-bond donors (Lipinski definition) is 1. The summed E-state index contributed by atoms with van der Waals surface area (Å²) < 4.78 is 0. The van der Waals surface area contributed by atoms with E-state index in [4.69, 9.17) is 0 Å². The van der Waals surface area contributed by atoms with Gasteiger partial charge < -0.3 is 5.32 Å². The zero-order valence-electron chi connectivity index (χ0n) is 9.77. The van der Waals surface area contributed by atoms with Crippen molar-refractivity contribution in [2.24, 2.45) is 0 Å². The molecular weight excluding hydrogens is 230 g/mol. The summed E-state index contributed by atoms with van der Waals surface area (Å²) in [6.45, 7) is 2.65. The normalized spacial score (nSPS) is 10.2. The molecule has 0 saturated carbocycles. The molecule has 1 amide bonds. The number of aryl methyl sites for hydroxylation is 1. The number of carbonyl (C=O) groups is 1. The molecule has 0 aliphatic rings.